The first-order valence-electron chi connectivity index (χ1n) is 5.87. The van der Waals surface area contributed by atoms with Crippen LogP contribution in [-0.4, -0.2) is 42.6 Å². The predicted octanol–water partition coefficient (Wildman–Crippen LogP) is 1.25. The number of nitrogens with zero attached hydrogens (tertiary/aromatic N) is 3. The van der Waals surface area contributed by atoms with E-state index in [1.54, 1.807) is 0 Å². The number of carbonyl (C=O) groups is 1. The van der Waals surface area contributed by atoms with Crippen molar-refractivity contribution >= 4 is 12.1 Å². The minimum Gasteiger partial charge on any atom is -0.378 e. The number of carbonyl (C=O) groups excluding carboxylic acids is 1. The molecule has 1 saturated heterocycles. The first-order valence-corrected chi connectivity index (χ1v) is 5.87. The van der Waals surface area contributed by atoms with Crippen molar-refractivity contribution in [3.8, 4) is 0 Å². The molecule has 17 heavy (non-hydrogen) atoms. The largest absolute Gasteiger partial charge is 0.378 e. The van der Waals surface area contributed by atoms with Crippen LogP contribution in [0.4, 0.5) is 5.82 Å². The fraction of sp³-hybridized carbons (Fsp3) is 0.583. The predicted molar refractivity (Wildman–Crippen MR) is 64.5 cm³/mol. The Hall–Kier alpha value is -1.49. The van der Waals surface area contributed by atoms with E-state index in [4.69, 9.17) is 4.74 Å². The van der Waals surface area contributed by atoms with E-state index in [1.165, 1.54) is 0 Å². The van der Waals surface area contributed by atoms with E-state index < -0.39 is 0 Å². The molecular formula is C12H17N3O2. The maximum Gasteiger partial charge on any atom is 0.194 e. The lowest BCUT2D eigenvalue weighted by Crippen LogP contribution is -2.37. The third kappa shape index (κ3) is 2.79. The van der Waals surface area contributed by atoms with Crippen LogP contribution in [0.15, 0.2) is 6.07 Å². The van der Waals surface area contributed by atoms with E-state index in [0.29, 0.717) is 19.5 Å². The zero-order valence-electron chi connectivity index (χ0n) is 10.2. The molecule has 0 bridgehead atoms. The summed E-state index contributed by atoms with van der Waals surface area (Å²) in [6.45, 7) is 7.15. The number of hydrogen-bond acceptors (Lipinski definition) is 5. The van der Waals surface area contributed by atoms with Gasteiger partial charge in [0.05, 0.1) is 13.2 Å². The van der Waals surface area contributed by atoms with Gasteiger partial charge in [-0.3, -0.25) is 4.79 Å². The number of ether oxygens (including phenoxy) is 1. The zero-order chi connectivity index (χ0) is 12.3. The zero-order valence-corrected chi connectivity index (χ0v) is 10.2. The van der Waals surface area contributed by atoms with Crippen molar-refractivity contribution in [2.45, 2.75) is 19.8 Å². The van der Waals surface area contributed by atoms with Gasteiger partial charge in [-0.2, -0.15) is 0 Å². The summed E-state index contributed by atoms with van der Waals surface area (Å²) in [6, 6.07) is 1.96. The molecule has 5 heteroatoms. The van der Waals surface area contributed by atoms with Gasteiger partial charge in [0.2, 0.25) is 0 Å². The lowest BCUT2D eigenvalue weighted by Gasteiger charge is -2.28. The molecule has 1 aliphatic heterocycles. The molecule has 2 heterocycles. The van der Waals surface area contributed by atoms with E-state index in [2.05, 4.69) is 28.7 Å². The third-order valence-electron chi connectivity index (χ3n) is 2.78. The van der Waals surface area contributed by atoms with Crippen molar-refractivity contribution in [1.29, 1.82) is 0 Å². The van der Waals surface area contributed by atoms with E-state index in [1.807, 2.05) is 6.07 Å². The maximum atomic E-state index is 10.8. The second-order valence-corrected chi connectivity index (χ2v) is 4.38. The van der Waals surface area contributed by atoms with Gasteiger partial charge in [-0.05, 0) is 5.92 Å². The molecule has 0 unspecified atom stereocenters. The minimum atomic E-state index is 0.262. The Labute approximate surface area is 101 Å². The van der Waals surface area contributed by atoms with Gasteiger partial charge in [0, 0.05) is 24.8 Å². The Morgan fingerprint density at radius 2 is 2.06 bits per heavy atom. The van der Waals surface area contributed by atoms with Crippen LogP contribution < -0.4 is 4.90 Å². The molecule has 2 rings (SSSR count). The summed E-state index contributed by atoms with van der Waals surface area (Å²) in [5.74, 6) is 1.38. The van der Waals surface area contributed by atoms with Crippen molar-refractivity contribution < 1.29 is 9.53 Å². The van der Waals surface area contributed by atoms with Crippen LogP contribution in [0, 0.1) is 0 Å². The SMILES string of the molecule is CC(C)c1cc(N2CCOCC2)nc(C=O)n1. The number of morpholine rings is 1. The number of aromatic nitrogens is 2. The summed E-state index contributed by atoms with van der Waals surface area (Å²) in [5.41, 5.74) is 0.906. The van der Waals surface area contributed by atoms with Crippen LogP contribution in [-0.2, 0) is 4.74 Å². The molecule has 0 saturated carbocycles. The normalized spacial score (nSPS) is 16.3. The molecular weight excluding hydrogens is 218 g/mol. The molecule has 5 nitrogen and oxygen atoms in total. The van der Waals surface area contributed by atoms with Crippen molar-refractivity contribution in [3.05, 3.63) is 17.6 Å². The van der Waals surface area contributed by atoms with Crippen LogP contribution >= 0.6 is 0 Å². The molecule has 0 N–H and O–H groups in total. The maximum absolute atomic E-state index is 10.8. The quantitative estimate of drug-likeness (QED) is 0.738. The van der Waals surface area contributed by atoms with Gasteiger partial charge in [-0.15, -0.1) is 0 Å². The Kier molecular flexibility index (Phi) is 3.68. The molecule has 92 valence electrons. The van der Waals surface area contributed by atoms with Crippen LogP contribution in [0.3, 0.4) is 0 Å². The number of aldehydes is 1. The molecule has 1 aromatic heterocycles. The van der Waals surface area contributed by atoms with Crippen LogP contribution in [0.5, 0.6) is 0 Å². The molecule has 0 atom stereocenters. The second kappa shape index (κ2) is 5.23. The summed E-state index contributed by atoms with van der Waals surface area (Å²) < 4.78 is 5.30. The van der Waals surface area contributed by atoms with Crippen LogP contribution in [0.1, 0.15) is 36.1 Å². The van der Waals surface area contributed by atoms with E-state index >= 15 is 0 Å². The van der Waals surface area contributed by atoms with E-state index in [0.717, 1.165) is 24.6 Å². The molecule has 1 aromatic rings. The molecule has 1 aliphatic rings. The summed E-state index contributed by atoms with van der Waals surface area (Å²) >= 11 is 0. The highest BCUT2D eigenvalue weighted by molar-refractivity contribution is 5.70. The van der Waals surface area contributed by atoms with Crippen LogP contribution in [0.2, 0.25) is 0 Å². The molecule has 0 aliphatic carbocycles. The number of rotatable bonds is 3. The fourth-order valence-corrected chi connectivity index (χ4v) is 1.77. The molecule has 0 spiro atoms. The Bertz CT molecular complexity index is 401. The van der Waals surface area contributed by atoms with Gasteiger partial charge in [0.1, 0.15) is 5.82 Å². The van der Waals surface area contributed by atoms with Gasteiger partial charge >= 0.3 is 0 Å². The molecule has 0 aromatic carbocycles. The minimum absolute atomic E-state index is 0.262. The Morgan fingerprint density at radius 3 is 2.65 bits per heavy atom. The highest BCUT2D eigenvalue weighted by Gasteiger charge is 2.15. The number of hydrogen-bond donors (Lipinski definition) is 0. The lowest BCUT2D eigenvalue weighted by atomic mass is 10.1. The summed E-state index contributed by atoms with van der Waals surface area (Å²) in [7, 11) is 0. The second-order valence-electron chi connectivity index (χ2n) is 4.38. The van der Waals surface area contributed by atoms with E-state index in [-0.39, 0.29) is 11.7 Å². The summed E-state index contributed by atoms with van der Waals surface area (Å²) in [4.78, 5) is 21.4. The summed E-state index contributed by atoms with van der Waals surface area (Å²) in [5, 5.41) is 0. The Balaban J connectivity index is 2.31. The van der Waals surface area contributed by atoms with Crippen molar-refractivity contribution in [1.82, 2.24) is 9.97 Å². The number of anilines is 1. The standard InChI is InChI=1S/C12H17N3O2/c1-9(2)10-7-12(14-11(8-16)13-10)15-3-5-17-6-4-15/h7-9H,3-6H2,1-2H3. The first-order chi connectivity index (χ1) is 8.20. The average Bonchev–Trinajstić information content (AvgIpc) is 2.39. The fourth-order valence-electron chi connectivity index (χ4n) is 1.77. The van der Waals surface area contributed by atoms with Crippen molar-refractivity contribution in [2.24, 2.45) is 0 Å². The molecule has 1 fully saturated rings. The lowest BCUT2D eigenvalue weighted by molar-refractivity contribution is 0.111. The molecule has 0 amide bonds. The topological polar surface area (TPSA) is 55.3 Å². The van der Waals surface area contributed by atoms with Gasteiger partial charge in [0.15, 0.2) is 12.1 Å². The van der Waals surface area contributed by atoms with Gasteiger partial charge in [-0.25, -0.2) is 9.97 Å². The highest BCUT2D eigenvalue weighted by atomic mass is 16.5. The average molecular weight is 235 g/mol. The first kappa shape index (κ1) is 12.0. The third-order valence-corrected chi connectivity index (χ3v) is 2.78. The highest BCUT2D eigenvalue weighted by Crippen LogP contribution is 2.19. The summed E-state index contributed by atoms with van der Waals surface area (Å²) in [6.07, 6.45) is 0.704. The van der Waals surface area contributed by atoms with E-state index in [9.17, 15) is 4.79 Å². The van der Waals surface area contributed by atoms with Crippen molar-refractivity contribution in [2.75, 3.05) is 31.2 Å². The molecule has 0 radical (unpaired) electrons. The van der Waals surface area contributed by atoms with Gasteiger partial charge < -0.3 is 9.64 Å². The van der Waals surface area contributed by atoms with Crippen LogP contribution in [0.25, 0.3) is 0 Å². The smallest absolute Gasteiger partial charge is 0.194 e. The van der Waals surface area contributed by atoms with Crippen molar-refractivity contribution in [3.63, 3.8) is 0 Å². The monoisotopic (exact) mass is 235 g/mol. The van der Waals surface area contributed by atoms with Gasteiger partial charge in [0.25, 0.3) is 0 Å². The van der Waals surface area contributed by atoms with Gasteiger partial charge in [-0.1, -0.05) is 13.8 Å². The Morgan fingerprint density at radius 1 is 1.35 bits per heavy atom.